The number of rotatable bonds is 23. The van der Waals surface area contributed by atoms with Gasteiger partial charge in [0.2, 0.25) is 0 Å². The minimum absolute atomic E-state index is 0. The van der Waals surface area contributed by atoms with Crippen LogP contribution in [0, 0.1) is 5.92 Å². The average molecular weight is 917 g/mol. The summed E-state index contributed by atoms with van der Waals surface area (Å²) in [6.07, 6.45) is 14.5. The monoisotopic (exact) mass is 917 g/mol. The Labute approximate surface area is 400 Å². The predicted octanol–water partition coefficient (Wildman–Crippen LogP) is 10.4. The third-order valence-electron chi connectivity index (χ3n) is 14.9. The highest BCUT2D eigenvalue weighted by Gasteiger charge is 2.72. The Morgan fingerprint density at radius 3 is 1.90 bits per heavy atom. The van der Waals surface area contributed by atoms with Gasteiger partial charge in [-0.2, -0.15) is 0 Å². The summed E-state index contributed by atoms with van der Waals surface area (Å²) in [6.45, 7) is 8.49. The Bertz CT molecular complexity index is 2280. The first-order chi connectivity index (χ1) is 31.9. The van der Waals surface area contributed by atoms with Crippen LogP contribution in [-0.4, -0.2) is 98.3 Å². The van der Waals surface area contributed by atoms with Gasteiger partial charge in [-0.1, -0.05) is 76.2 Å². The normalized spacial score (nSPS) is 21.7. The first kappa shape index (κ1) is 50.0. The van der Waals surface area contributed by atoms with Crippen molar-refractivity contribution in [3.63, 3.8) is 0 Å². The number of hydrogen-bond acceptors (Lipinski definition) is 10. The van der Waals surface area contributed by atoms with E-state index >= 15 is 0 Å². The van der Waals surface area contributed by atoms with Gasteiger partial charge in [0.05, 0.1) is 42.3 Å². The van der Waals surface area contributed by atoms with Crippen LogP contribution >= 0.6 is 0 Å². The fraction of sp³-hybridized carbons (Fsp3) is 0.536. The molecule has 1 spiro atoms. The summed E-state index contributed by atoms with van der Waals surface area (Å²) in [5.41, 5.74) is 6.43. The van der Waals surface area contributed by atoms with Crippen LogP contribution in [0.3, 0.4) is 0 Å². The molecule has 0 radical (unpaired) electrons. The number of aromatic amines is 1. The van der Waals surface area contributed by atoms with Crippen molar-refractivity contribution >= 4 is 22.3 Å². The number of benzene rings is 4. The van der Waals surface area contributed by atoms with Gasteiger partial charge in [0.1, 0.15) is 11.5 Å². The van der Waals surface area contributed by atoms with E-state index in [0.717, 1.165) is 124 Å². The molecule has 2 fully saturated rings. The zero-order chi connectivity index (χ0) is 44.6. The fourth-order valence-corrected chi connectivity index (χ4v) is 11.5. The van der Waals surface area contributed by atoms with Crippen molar-refractivity contribution < 1.29 is 24.4 Å². The molecule has 4 aromatic carbocycles. The number of nitrogens with zero attached hydrogens (tertiary/aromatic N) is 1. The number of phenolic OH excluding ortho intramolecular Hbond substituents is 1. The average Bonchev–Trinajstić information content (AvgIpc) is 3.97. The number of aliphatic hydroxyl groups is 1. The van der Waals surface area contributed by atoms with E-state index < -0.39 is 11.0 Å². The number of anilines is 2. The second-order valence-corrected chi connectivity index (χ2v) is 19.1. The highest BCUT2D eigenvalue weighted by atomic mass is 16.5. The third kappa shape index (κ3) is 10.4. The molecule has 7 N–H and O–H groups in total. The zero-order valence-electron chi connectivity index (χ0n) is 38.7. The van der Waals surface area contributed by atoms with Crippen molar-refractivity contribution in [2.24, 2.45) is 5.92 Å². The number of hydrogen-bond donors (Lipinski definition) is 7. The predicted molar refractivity (Wildman–Crippen MR) is 276 cm³/mol. The number of para-hydroxylation sites is 5. The molecule has 3 heterocycles. The van der Waals surface area contributed by atoms with Gasteiger partial charge in [0.15, 0.2) is 17.6 Å². The number of methoxy groups -OCH3 is 2. The quantitative estimate of drug-likeness (QED) is 0.0318. The lowest BCUT2D eigenvalue weighted by Gasteiger charge is -2.62. The smallest absolute Gasteiger partial charge is 0.166 e. The van der Waals surface area contributed by atoms with Crippen LogP contribution in [0.5, 0.6) is 23.0 Å². The van der Waals surface area contributed by atoms with Crippen molar-refractivity contribution in [1.82, 2.24) is 20.5 Å². The summed E-state index contributed by atoms with van der Waals surface area (Å²) in [6, 6.07) is 28.5. The number of ether oxygens (including phenoxy) is 3. The number of nitrogens with one attached hydrogen (secondary N) is 5. The summed E-state index contributed by atoms with van der Waals surface area (Å²) in [7, 11) is 3.43. The molecule has 0 amide bonds. The number of aromatic nitrogens is 1. The summed E-state index contributed by atoms with van der Waals surface area (Å²) in [5.74, 6) is 3.40. The van der Waals surface area contributed by atoms with Gasteiger partial charge in [-0.3, -0.25) is 4.90 Å². The van der Waals surface area contributed by atoms with Crippen LogP contribution in [0.2, 0.25) is 0 Å². The Hall–Kier alpha value is -4.94. The van der Waals surface area contributed by atoms with Crippen molar-refractivity contribution in [2.45, 2.75) is 121 Å². The van der Waals surface area contributed by atoms with Crippen molar-refractivity contribution in [2.75, 3.05) is 77.2 Å². The highest BCUT2D eigenvalue weighted by molar-refractivity contribution is 5.86. The van der Waals surface area contributed by atoms with Gasteiger partial charge in [-0.15, -0.1) is 0 Å². The van der Waals surface area contributed by atoms with Crippen LogP contribution in [0.1, 0.15) is 114 Å². The first-order valence-corrected chi connectivity index (χ1v) is 24.7. The number of fused-ring (bicyclic) bond motifs is 4. The zero-order valence-corrected chi connectivity index (χ0v) is 38.7. The van der Waals surface area contributed by atoms with E-state index in [1.165, 1.54) is 67.9 Å². The molecule has 1 unspecified atom stereocenters. The molecule has 2 bridgehead atoms. The molecule has 11 nitrogen and oxygen atoms in total. The van der Waals surface area contributed by atoms with E-state index in [9.17, 15) is 10.2 Å². The van der Waals surface area contributed by atoms with Gasteiger partial charge in [-0.05, 0) is 150 Å². The maximum Gasteiger partial charge on any atom is 0.166 e. The van der Waals surface area contributed by atoms with E-state index in [-0.39, 0.29) is 32.7 Å². The number of aromatic hydroxyl groups is 1. The lowest BCUT2D eigenvalue weighted by molar-refractivity contribution is -0.173. The fourth-order valence-electron chi connectivity index (χ4n) is 11.5. The largest absolute Gasteiger partial charge is 0.504 e. The summed E-state index contributed by atoms with van der Waals surface area (Å²) in [4.78, 5) is 6.22. The molecule has 1 saturated carbocycles. The molecule has 3 aliphatic carbocycles. The molecular weight excluding hydrogens is 837 g/mol. The second-order valence-electron chi connectivity index (χ2n) is 19.1. The molecule has 67 heavy (non-hydrogen) atoms. The van der Waals surface area contributed by atoms with Crippen molar-refractivity contribution in [3.05, 3.63) is 107 Å². The maximum atomic E-state index is 12.7. The maximum absolute atomic E-state index is 12.7. The summed E-state index contributed by atoms with van der Waals surface area (Å²) < 4.78 is 17.3. The Kier molecular flexibility index (Phi) is 17.1. The van der Waals surface area contributed by atoms with Crippen LogP contribution in [0.25, 0.3) is 10.9 Å². The minimum Gasteiger partial charge on any atom is -0.504 e. The molecule has 4 atom stereocenters. The molecule has 1 aromatic heterocycles. The minimum atomic E-state index is -0.908. The van der Waals surface area contributed by atoms with Gasteiger partial charge < -0.3 is 50.7 Å². The van der Waals surface area contributed by atoms with Crippen molar-refractivity contribution in [3.8, 4) is 23.0 Å². The summed E-state index contributed by atoms with van der Waals surface area (Å²) in [5, 5.41) is 38.7. The van der Waals surface area contributed by atoms with Gasteiger partial charge >= 0.3 is 0 Å². The lowest BCUT2D eigenvalue weighted by atomic mass is 9.49. The van der Waals surface area contributed by atoms with Crippen LogP contribution in [0.4, 0.5) is 11.4 Å². The number of H-pyrrole nitrogens is 1. The topological polar surface area (TPSA) is 135 Å². The molecule has 364 valence electrons. The van der Waals surface area contributed by atoms with E-state index in [1.807, 2.05) is 42.5 Å². The van der Waals surface area contributed by atoms with Crippen LogP contribution in [-0.2, 0) is 18.3 Å². The first-order valence-electron chi connectivity index (χ1n) is 24.7. The SMILES string of the molecule is C.C.COc1ccccc1NCCCCNCCCCCCNCCCCNc1ccccc1OC.Oc1ccc2c3c1O[C@@H]1c4[nH]c5ccccc5c4C[C@@]4(O)C(C2)N(CC2CC2)CC[C@]314. The summed E-state index contributed by atoms with van der Waals surface area (Å²) >= 11 is 0. The van der Waals surface area contributed by atoms with E-state index in [0.29, 0.717) is 12.2 Å². The van der Waals surface area contributed by atoms with Crippen molar-refractivity contribution in [1.29, 1.82) is 0 Å². The van der Waals surface area contributed by atoms with E-state index in [4.69, 9.17) is 14.2 Å². The molecule has 5 aromatic rings. The molecule has 11 heteroatoms. The standard InChI is InChI=1S/C28H46N4O2.C26H26N2O3.2CH4/c1-33-27-17-7-5-15-25(27)31-23-13-11-21-29-19-9-3-4-10-20-30-22-12-14-24-32-26-16-6-8-18-28(26)34-2;29-19-8-7-15-11-20-26(30)12-17-16-3-1-2-4-18(16)27-22(17)24-25(26,21(15)23(19)31-24)9-10-28(20)13-14-5-6-14;;/h5-8,15-18,29-32H,3-4,9-14,19-24H2,1-2H3;1-4,7-8,14,20,24,27,29-30H,5-6,9-13H2;2*1H4/t;20?,24-,25+,26-;;/m.1../s1. The lowest BCUT2D eigenvalue weighted by Crippen LogP contribution is -2.74. The van der Waals surface area contributed by atoms with Gasteiger partial charge in [0.25, 0.3) is 0 Å². The molecule has 10 rings (SSSR count). The third-order valence-corrected chi connectivity index (χ3v) is 14.9. The van der Waals surface area contributed by atoms with E-state index in [1.54, 1.807) is 20.3 Å². The molecule has 2 aliphatic heterocycles. The Morgan fingerprint density at radius 1 is 0.716 bits per heavy atom. The number of piperidine rings is 1. The van der Waals surface area contributed by atoms with Gasteiger partial charge in [-0.25, -0.2) is 0 Å². The molecule has 1 saturated heterocycles. The second kappa shape index (κ2) is 22.9. The molecule has 5 aliphatic rings. The Morgan fingerprint density at radius 2 is 1.28 bits per heavy atom. The number of unbranched alkanes of at least 4 members (excludes halogenated alkanes) is 5. The van der Waals surface area contributed by atoms with E-state index in [2.05, 4.69) is 67.5 Å². The highest BCUT2D eigenvalue weighted by Crippen LogP contribution is 2.69. The van der Waals surface area contributed by atoms with Crippen LogP contribution < -0.4 is 35.5 Å². The Balaban J connectivity index is 0.000000193. The number of phenols is 1. The molecular formula is C56H80N6O5. The van der Waals surface area contributed by atoms with Gasteiger partial charge in [0, 0.05) is 48.6 Å². The van der Waals surface area contributed by atoms with Crippen LogP contribution in [0.15, 0.2) is 84.9 Å². The number of likely N-dealkylation sites (tertiary alicyclic amines) is 1.